The van der Waals surface area contributed by atoms with E-state index >= 15 is 0 Å². The highest BCUT2D eigenvalue weighted by Crippen LogP contribution is 2.39. The first-order valence-corrected chi connectivity index (χ1v) is 13.1. The molecule has 10 heteroatoms. The van der Waals surface area contributed by atoms with Crippen molar-refractivity contribution >= 4 is 43.3 Å². The summed E-state index contributed by atoms with van der Waals surface area (Å²) in [5.41, 5.74) is 3.83. The number of halogens is 1. The van der Waals surface area contributed by atoms with Crippen LogP contribution in [0.2, 0.25) is 0 Å². The van der Waals surface area contributed by atoms with E-state index < -0.39 is 10.5 Å². The van der Waals surface area contributed by atoms with Crippen LogP contribution in [-0.2, 0) is 10.5 Å². The maximum Gasteiger partial charge on any atom is 0.488 e. The molecule has 8 nitrogen and oxygen atoms in total. The van der Waals surface area contributed by atoms with E-state index in [1.165, 1.54) is 19.2 Å². The van der Waals surface area contributed by atoms with Gasteiger partial charge < -0.3 is 23.4 Å². The van der Waals surface area contributed by atoms with E-state index in [0.717, 1.165) is 24.0 Å². The molecular formula is C28H22FN3O5S. The van der Waals surface area contributed by atoms with Crippen LogP contribution in [0.1, 0.15) is 11.6 Å². The molecule has 0 unspecified atom stereocenters. The van der Waals surface area contributed by atoms with Gasteiger partial charge in [0, 0.05) is 35.1 Å². The van der Waals surface area contributed by atoms with E-state index in [2.05, 4.69) is 24.6 Å². The normalized spacial score (nSPS) is 14.6. The Labute approximate surface area is 217 Å². The summed E-state index contributed by atoms with van der Waals surface area (Å²) in [4.78, 5) is 19.5. The first-order valence-electron chi connectivity index (χ1n) is 11.8. The molecule has 0 bridgehead atoms. The SMILES string of the molecule is C#Cc1ccc2c(c1)[nH]c1c2c(=O)c2cc(OC)c(-c3cccc(OS(=O)(=O)F)c3)cc2n1C1CN(C)C1. The van der Waals surface area contributed by atoms with Crippen LogP contribution in [0.3, 0.4) is 0 Å². The zero-order chi connectivity index (χ0) is 26.8. The Kier molecular flexibility index (Phi) is 5.45. The Morgan fingerprint density at radius 2 is 1.89 bits per heavy atom. The Morgan fingerprint density at radius 3 is 2.58 bits per heavy atom. The Morgan fingerprint density at radius 1 is 1.11 bits per heavy atom. The molecule has 6 rings (SSSR count). The lowest BCUT2D eigenvalue weighted by atomic mass is 9.99. The highest BCUT2D eigenvalue weighted by Gasteiger charge is 2.29. The number of H-pyrrole nitrogens is 1. The van der Waals surface area contributed by atoms with Gasteiger partial charge >= 0.3 is 10.5 Å². The van der Waals surface area contributed by atoms with E-state index in [1.54, 1.807) is 18.2 Å². The molecule has 1 aliphatic rings. The van der Waals surface area contributed by atoms with Crippen LogP contribution >= 0.6 is 0 Å². The Bertz CT molecular complexity index is 1980. The standard InChI is InChI=1S/C28H22FN3O5S/c1-4-16-8-9-20-23(10-16)30-28-26(20)27(33)22-13-25(36-3)21(12-24(22)32(28)18-14-31(2)15-18)17-6-5-7-19(11-17)37-38(29,34)35/h1,5-13,18,30H,14-15H2,2-3H3. The summed E-state index contributed by atoms with van der Waals surface area (Å²) < 4.78 is 47.5. The second kappa shape index (κ2) is 8.62. The van der Waals surface area contributed by atoms with Crippen LogP contribution in [0.4, 0.5) is 3.89 Å². The van der Waals surface area contributed by atoms with Crippen molar-refractivity contribution in [2.45, 2.75) is 6.04 Å². The molecule has 0 saturated carbocycles. The van der Waals surface area contributed by atoms with Gasteiger partial charge in [0.1, 0.15) is 17.1 Å². The number of likely N-dealkylation sites (tertiary alicyclic amines) is 1. The van der Waals surface area contributed by atoms with Gasteiger partial charge in [-0.05, 0) is 49.0 Å². The van der Waals surface area contributed by atoms with Gasteiger partial charge in [-0.1, -0.05) is 28.0 Å². The molecule has 1 aliphatic heterocycles. The summed E-state index contributed by atoms with van der Waals surface area (Å²) in [7, 11) is -1.67. The molecule has 192 valence electrons. The number of aromatic nitrogens is 2. The summed E-state index contributed by atoms with van der Waals surface area (Å²) in [5.74, 6) is 2.86. The van der Waals surface area contributed by atoms with Crippen molar-refractivity contribution < 1.29 is 21.2 Å². The largest absolute Gasteiger partial charge is 0.496 e. The van der Waals surface area contributed by atoms with Crippen molar-refractivity contribution in [2.75, 3.05) is 27.2 Å². The number of nitrogens with one attached hydrogen (secondary N) is 1. The summed E-state index contributed by atoms with van der Waals surface area (Å²) in [6.07, 6.45) is 5.61. The maximum absolute atomic E-state index is 13.9. The molecule has 0 radical (unpaired) electrons. The summed E-state index contributed by atoms with van der Waals surface area (Å²) in [6.45, 7) is 1.58. The van der Waals surface area contributed by atoms with Gasteiger partial charge in [-0.3, -0.25) is 4.79 Å². The minimum absolute atomic E-state index is 0.0957. The first kappa shape index (κ1) is 24.0. The summed E-state index contributed by atoms with van der Waals surface area (Å²) in [6, 6.07) is 15.2. The minimum atomic E-state index is -5.19. The molecule has 2 aromatic heterocycles. The summed E-state index contributed by atoms with van der Waals surface area (Å²) >= 11 is 0. The minimum Gasteiger partial charge on any atom is -0.496 e. The molecule has 3 heterocycles. The molecule has 0 spiro atoms. The lowest BCUT2D eigenvalue weighted by molar-refractivity contribution is 0.146. The monoisotopic (exact) mass is 531 g/mol. The second-order valence-corrected chi connectivity index (χ2v) is 10.4. The third-order valence-electron chi connectivity index (χ3n) is 6.99. The highest BCUT2D eigenvalue weighted by atomic mass is 32.3. The molecule has 0 aliphatic carbocycles. The zero-order valence-corrected chi connectivity index (χ0v) is 21.3. The van der Waals surface area contributed by atoms with Crippen LogP contribution in [0.15, 0.2) is 59.4 Å². The van der Waals surface area contributed by atoms with E-state index in [-0.39, 0.29) is 17.2 Å². The Balaban J connectivity index is 1.68. The number of likely N-dealkylation sites (N-methyl/N-ethyl adjacent to an activating group) is 1. The topological polar surface area (TPSA) is 93.6 Å². The molecule has 0 atom stereocenters. The van der Waals surface area contributed by atoms with Crippen molar-refractivity contribution in [1.82, 2.24) is 14.5 Å². The van der Waals surface area contributed by atoms with E-state index in [4.69, 9.17) is 11.2 Å². The number of nitrogens with zero attached hydrogens (tertiary/aromatic N) is 2. The fourth-order valence-corrected chi connectivity index (χ4v) is 5.66. The van der Waals surface area contributed by atoms with Gasteiger partial charge in [0.25, 0.3) is 0 Å². The number of hydrogen-bond donors (Lipinski definition) is 1. The van der Waals surface area contributed by atoms with Gasteiger partial charge in [0.15, 0.2) is 5.43 Å². The van der Waals surface area contributed by atoms with Crippen molar-refractivity contribution in [3.63, 3.8) is 0 Å². The van der Waals surface area contributed by atoms with E-state index in [9.17, 15) is 17.1 Å². The molecule has 1 N–H and O–H groups in total. The predicted molar refractivity (Wildman–Crippen MR) is 145 cm³/mol. The molecule has 1 saturated heterocycles. The van der Waals surface area contributed by atoms with Crippen LogP contribution < -0.4 is 14.3 Å². The van der Waals surface area contributed by atoms with Crippen LogP contribution in [-0.4, -0.2) is 50.1 Å². The van der Waals surface area contributed by atoms with Gasteiger partial charge in [0.05, 0.1) is 29.4 Å². The number of benzene rings is 3. The van der Waals surface area contributed by atoms with Gasteiger partial charge in [0.2, 0.25) is 0 Å². The lowest BCUT2D eigenvalue weighted by Crippen LogP contribution is -2.45. The van der Waals surface area contributed by atoms with Crippen molar-refractivity contribution in [3.05, 3.63) is 70.4 Å². The fraction of sp³-hybridized carbons (Fsp3) is 0.179. The fourth-order valence-electron chi connectivity index (χ4n) is 5.32. The first-order chi connectivity index (χ1) is 18.2. The van der Waals surface area contributed by atoms with Crippen molar-refractivity contribution in [2.24, 2.45) is 0 Å². The van der Waals surface area contributed by atoms with Crippen LogP contribution in [0, 0.1) is 12.3 Å². The third kappa shape index (κ3) is 3.88. The van der Waals surface area contributed by atoms with Gasteiger partial charge in [-0.25, -0.2) is 0 Å². The van der Waals surface area contributed by atoms with Crippen molar-refractivity contribution in [1.29, 1.82) is 0 Å². The molecule has 1 fully saturated rings. The van der Waals surface area contributed by atoms with Gasteiger partial charge in [-0.2, -0.15) is 8.42 Å². The smallest absolute Gasteiger partial charge is 0.488 e. The number of hydrogen-bond acceptors (Lipinski definition) is 6. The third-order valence-corrected chi connectivity index (χ3v) is 7.38. The number of methoxy groups -OCH3 is 1. The maximum atomic E-state index is 13.9. The van der Waals surface area contributed by atoms with E-state index in [0.29, 0.717) is 44.4 Å². The summed E-state index contributed by atoms with van der Waals surface area (Å²) in [5, 5.41) is 1.84. The molecule has 3 aromatic carbocycles. The molecular weight excluding hydrogens is 509 g/mol. The second-order valence-electron chi connectivity index (χ2n) is 9.40. The van der Waals surface area contributed by atoms with Gasteiger partial charge in [-0.15, -0.1) is 6.42 Å². The average molecular weight is 532 g/mol. The average Bonchev–Trinajstić information content (AvgIpc) is 3.24. The quantitative estimate of drug-likeness (QED) is 0.267. The number of pyridine rings is 1. The highest BCUT2D eigenvalue weighted by molar-refractivity contribution is 7.81. The number of ether oxygens (including phenoxy) is 1. The number of terminal acetylenes is 1. The lowest BCUT2D eigenvalue weighted by Gasteiger charge is -2.39. The molecule has 38 heavy (non-hydrogen) atoms. The van der Waals surface area contributed by atoms with Crippen LogP contribution in [0.25, 0.3) is 44.0 Å². The predicted octanol–water partition coefficient (Wildman–Crippen LogP) is 4.37. The molecule has 0 amide bonds. The number of aromatic amines is 1. The zero-order valence-electron chi connectivity index (χ0n) is 20.5. The van der Waals surface area contributed by atoms with Crippen LogP contribution in [0.5, 0.6) is 11.5 Å². The Hall–Kier alpha value is -4.33. The van der Waals surface area contributed by atoms with E-state index in [1.807, 2.05) is 31.3 Å². The number of fused-ring (bicyclic) bond motifs is 4. The molecule has 5 aromatic rings. The number of rotatable bonds is 5. The van der Waals surface area contributed by atoms with Crippen molar-refractivity contribution in [3.8, 4) is 35.0 Å².